The fourth-order valence-corrected chi connectivity index (χ4v) is 4.64. The Morgan fingerprint density at radius 1 is 1.31 bits per heavy atom. The zero-order valence-electron chi connectivity index (χ0n) is 15.9. The molecule has 2 saturated heterocycles. The van der Waals surface area contributed by atoms with Gasteiger partial charge in [-0.1, -0.05) is 6.07 Å². The normalized spacial score (nSPS) is 25.7. The van der Waals surface area contributed by atoms with Crippen molar-refractivity contribution < 1.29 is 9.53 Å². The standard InChI is InChI=1S/C21H31N3O2/c1-17(25)23-9-6-21(7-10-23)11-20(15-26-14-18-4-5-18)24(16-21)13-19-3-2-8-22-12-19/h2-3,8,12,18,20H,4-7,9-11,13-16H2,1H3. The molecule has 1 aromatic heterocycles. The summed E-state index contributed by atoms with van der Waals surface area (Å²) in [4.78, 5) is 20.6. The van der Waals surface area contributed by atoms with Crippen LogP contribution in [0.25, 0.3) is 0 Å². The molecule has 0 aromatic carbocycles. The Bertz CT molecular complexity index is 609. The second-order valence-electron chi connectivity index (χ2n) is 8.61. The molecule has 3 fully saturated rings. The summed E-state index contributed by atoms with van der Waals surface area (Å²) in [7, 11) is 0. The smallest absolute Gasteiger partial charge is 0.219 e. The fourth-order valence-electron chi connectivity index (χ4n) is 4.64. The lowest BCUT2D eigenvalue weighted by atomic mass is 9.76. The Balaban J connectivity index is 1.40. The van der Waals surface area contributed by atoms with Crippen molar-refractivity contribution in [2.45, 2.75) is 51.6 Å². The topological polar surface area (TPSA) is 45.7 Å². The van der Waals surface area contributed by atoms with E-state index >= 15 is 0 Å². The molecular weight excluding hydrogens is 326 g/mol. The molecule has 1 aliphatic carbocycles. The zero-order valence-corrected chi connectivity index (χ0v) is 15.9. The minimum Gasteiger partial charge on any atom is -0.380 e. The van der Waals surface area contributed by atoms with E-state index in [1.54, 1.807) is 6.92 Å². The Labute approximate surface area is 156 Å². The van der Waals surface area contributed by atoms with E-state index in [9.17, 15) is 4.79 Å². The van der Waals surface area contributed by atoms with Crippen LogP contribution < -0.4 is 0 Å². The summed E-state index contributed by atoms with van der Waals surface area (Å²) in [6.07, 6.45) is 9.94. The summed E-state index contributed by atoms with van der Waals surface area (Å²) in [5, 5.41) is 0. The quantitative estimate of drug-likeness (QED) is 0.785. The van der Waals surface area contributed by atoms with Crippen LogP contribution >= 0.6 is 0 Å². The number of hydrogen-bond donors (Lipinski definition) is 0. The van der Waals surface area contributed by atoms with Gasteiger partial charge in [0.1, 0.15) is 0 Å². The Kier molecular flexibility index (Phi) is 5.28. The molecule has 142 valence electrons. The lowest BCUT2D eigenvalue weighted by Gasteiger charge is -2.39. The van der Waals surface area contributed by atoms with Crippen molar-refractivity contribution in [3.63, 3.8) is 0 Å². The van der Waals surface area contributed by atoms with Crippen LogP contribution in [-0.4, -0.2) is 59.6 Å². The van der Waals surface area contributed by atoms with E-state index in [2.05, 4.69) is 16.0 Å². The molecule has 26 heavy (non-hydrogen) atoms. The molecule has 0 bridgehead atoms. The highest BCUT2D eigenvalue weighted by Gasteiger charge is 2.45. The van der Waals surface area contributed by atoms with E-state index in [1.165, 1.54) is 24.8 Å². The highest BCUT2D eigenvalue weighted by atomic mass is 16.5. The number of amides is 1. The number of carbonyl (C=O) groups is 1. The highest BCUT2D eigenvalue weighted by molar-refractivity contribution is 5.73. The number of nitrogens with zero attached hydrogens (tertiary/aromatic N) is 3. The third-order valence-corrected chi connectivity index (χ3v) is 6.46. The summed E-state index contributed by atoms with van der Waals surface area (Å²) in [6.45, 7) is 7.35. The van der Waals surface area contributed by atoms with E-state index < -0.39 is 0 Å². The second-order valence-corrected chi connectivity index (χ2v) is 8.61. The Morgan fingerprint density at radius 2 is 2.12 bits per heavy atom. The summed E-state index contributed by atoms with van der Waals surface area (Å²) in [6, 6.07) is 4.67. The maximum absolute atomic E-state index is 11.7. The molecule has 1 amide bonds. The third-order valence-electron chi connectivity index (χ3n) is 6.46. The van der Waals surface area contributed by atoms with Crippen molar-refractivity contribution in [3.05, 3.63) is 30.1 Å². The molecule has 1 aromatic rings. The summed E-state index contributed by atoms with van der Waals surface area (Å²) in [5.41, 5.74) is 1.62. The van der Waals surface area contributed by atoms with Crippen molar-refractivity contribution in [2.24, 2.45) is 11.3 Å². The molecule has 0 N–H and O–H groups in total. The van der Waals surface area contributed by atoms with Gasteiger partial charge < -0.3 is 9.64 Å². The number of rotatable bonds is 6. The molecule has 0 radical (unpaired) electrons. The molecule has 3 heterocycles. The van der Waals surface area contributed by atoms with Gasteiger partial charge in [-0.15, -0.1) is 0 Å². The van der Waals surface area contributed by atoms with Crippen LogP contribution in [0.15, 0.2) is 24.5 Å². The molecular formula is C21H31N3O2. The lowest BCUT2D eigenvalue weighted by molar-refractivity contribution is -0.131. The van der Waals surface area contributed by atoms with E-state index in [0.29, 0.717) is 11.5 Å². The van der Waals surface area contributed by atoms with Gasteiger partial charge in [-0.2, -0.15) is 0 Å². The van der Waals surface area contributed by atoms with Crippen LogP contribution in [0.4, 0.5) is 0 Å². The van der Waals surface area contributed by atoms with Crippen molar-refractivity contribution in [1.82, 2.24) is 14.8 Å². The molecule has 3 aliphatic rings. The third kappa shape index (κ3) is 4.26. The maximum Gasteiger partial charge on any atom is 0.219 e. The van der Waals surface area contributed by atoms with Crippen molar-refractivity contribution in [2.75, 3.05) is 32.8 Å². The minimum absolute atomic E-state index is 0.217. The largest absolute Gasteiger partial charge is 0.380 e. The first-order valence-electron chi connectivity index (χ1n) is 10.1. The molecule has 2 aliphatic heterocycles. The molecule has 1 unspecified atom stereocenters. The predicted octanol–water partition coefficient (Wildman–Crippen LogP) is 2.71. The fraction of sp³-hybridized carbons (Fsp3) is 0.714. The van der Waals surface area contributed by atoms with E-state index in [-0.39, 0.29) is 5.91 Å². The zero-order chi connectivity index (χ0) is 18.0. The van der Waals surface area contributed by atoms with Crippen molar-refractivity contribution >= 4 is 5.91 Å². The SMILES string of the molecule is CC(=O)N1CCC2(CC1)CC(COCC1CC1)N(Cc1cccnc1)C2. The molecule has 1 atom stereocenters. The number of aromatic nitrogens is 1. The monoisotopic (exact) mass is 357 g/mol. The highest BCUT2D eigenvalue weighted by Crippen LogP contribution is 2.44. The average Bonchev–Trinajstić information content (AvgIpc) is 3.40. The van der Waals surface area contributed by atoms with Crippen molar-refractivity contribution in [3.8, 4) is 0 Å². The first-order valence-corrected chi connectivity index (χ1v) is 10.1. The number of pyridine rings is 1. The summed E-state index contributed by atoms with van der Waals surface area (Å²) in [5.74, 6) is 1.03. The van der Waals surface area contributed by atoms with Gasteiger partial charge in [-0.25, -0.2) is 0 Å². The van der Waals surface area contributed by atoms with E-state index in [1.807, 2.05) is 23.4 Å². The molecule has 1 saturated carbocycles. The van der Waals surface area contributed by atoms with Gasteiger partial charge in [0.15, 0.2) is 0 Å². The summed E-state index contributed by atoms with van der Waals surface area (Å²) >= 11 is 0. The van der Waals surface area contributed by atoms with Gasteiger partial charge in [0, 0.05) is 58.1 Å². The van der Waals surface area contributed by atoms with Crippen LogP contribution in [-0.2, 0) is 16.1 Å². The van der Waals surface area contributed by atoms with Crippen LogP contribution in [0.1, 0.15) is 44.6 Å². The number of likely N-dealkylation sites (tertiary alicyclic amines) is 2. The van der Waals surface area contributed by atoms with Gasteiger partial charge >= 0.3 is 0 Å². The number of hydrogen-bond acceptors (Lipinski definition) is 4. The van der Waals surface area contributed by atoms with Gasteiger partial charge in [0.2, 0.25) is 5.91 Å². The van der Waals surface area contributed by atoms with Crippen LogP contribution in [0.5, 0.6) is 0 Å². The van der Waals surface area contributed by atoms with Gasteiger partial charge in [0.25, 0.3) is 0 Å². The molecule has 1 spiro atoms. The van der Waals surface area contributed by atoms with E-state index in [4.69, 9.17) is 4.74 Å². The summed E-state index contributed by atoms with van der Waals surface area (Å²) < 4.78 is 6.08. The second kappa shape index (κ2) is 7.65. The number of piperidine rings is 1. The van der Waals surface area contributed by atoms with Gasteiger partial charge in [0.05, 0.1) is 6.61 Å². The average molecular weight is 357 g/mol. The van der Waals surface area contributed by atoms with Crippen LogP contribution in [0, 0.1) is 11.3 Å². The number of ether oxygens (including phenoxy) is 1. The molecule has 4 rings (SSSR count). The first kappa shape index (κ1) is 17.9. The van der Waals surface area contributed by atoms with E-state index in [0.717, 1.165) is 58.2 Å². The predicted molar refractivity (Wildman–Crippen MR) is 101 cm³/mol. The van der Waals surface area contributed by atoms with Crippen LogP contribution in [0.3, 0.4) is 0 Å². The lowest BCUT2D eigenvalue weighted by Crippen LogP contribution is -2.43. The first-order chi connectivity index (χ1) is 12.6. The van der Waals surface area contributed by atoms with Crippen LogP contribution in [0.2, 0.25) is 0 Å². The number of carbonyl (C=O) groups excluding carboxylic acids is 1. The Morgan fingerprint density at radius 3 is 2.77 bits per heavy atom. The van der Waals surface area contributed by atoms with Crippen molar-refractivity contribution in [1.29, 1.82) is 0 Å². The Hall–Kier alpha value is -1.46. The maximum atomic E-state index is 11.7. The molecule has 5 nitrogen and oxygen atoms in total. The van der Waals surface area contributed by atoms with Gasteiger partial charge in [-0.3, -0.25) is 14.7 Å². The molecule has 5 heteroatoms. The minimum atomic E-state index is 0.217. The van der Waals surface area contributed by atoms with Gasteiger partial charge in [-0.05, 0) is 55.1 Å².